The molecule has 0 aromatic carbocycles. The average molecular weight is 282 g/mol. The standard InChI is InChI=1S/C11H5Cl2N3S/c12-8-1-2-10(15-6-8)17-11-4-7(5-14)3-9(13)16-11/h1-4,6H. The van der Waals surface area contributed by atoms with Gasteiger partial charge < -0.3 is 0 Å². The molecule has 0 amide bonds. The van der Waals surface area contributed by atoms with E-state index >= 15 is 0 Å². The fraction of sp³-hybridized carbons (Fsp3) is 0. The predicted octanol–water partition coefficient (Wildman–Crippen LogP) is 3.81. The molecule has 17 heavy (non-hydrogen) atoms. The molecular formula is C11H5Cl2N3S. The highest BCUT2D eigenvalue weighted by atomic mass is 35.5. The summed E-state index contributed by atoms with van der Waals surface area (Å²) < 4.78 is 0. The Morgan fingerprint density at radius 1 is 1.18 bits per heavy atom. The highest BCUT2D eigenvalue weighted by Gasteiger charge is 2.04. The second-order valence-electron chi connectivity index (χ2n) is 3.05. The summed E-state index contributed by atoms with van der Waals surface area (Å²) in [6, 6.07) is 8.72. The first-order valence-electron chi connectivity index (χ1n) is 4.54. The molecule has 0 N–H and O–H groups in total. The number of rotatable bonds is 2. The Morgan fingerprint density at radius 2 is 2.00 bits per heavy atom. The van der Waals surface area contributed by atoms with Crippen LogP contribution >= 0.6 is 35.0 Å². The molecule has 0 fully saturated rings. The van der Waals surface area contributed by atoms with Gasteiger partial charge in [-0.3, -0.25) is 0 Å². The zero-order valence-electron chi connectivity index (χ0n) is 8.39. The molecule has 0 saturated heterocycles. The number of pyridine rings is 2. The first-order valence-corrected chi connectivity index (χ1v) is 6.12. The zero-order valence-corrected chi connectivity index (χ0v) is 10.7. The molecule has 2 aromatic rings. The maximum atomic E-state index is 8.81. The van der Waals surface area contributed by atoms with E-state index in [0.717, 1.165) is 5.03 Å². The lowest BCUT2D eigenvalue weighted by atomic mass is 10.3. The maximum absolute atomic E-state index is 8.81. The molecule has 0 aliphatic rings. The van der Waals surface area contributed by atoms with Gasteiger partial charge in [-0.2, -0.15) is 5.26 Å². The molecule has 2 rings (SSSR count). The monoisotopic (exact) mass is 281 g/mol. The Labute approximate surface area is 112 Å². The minimum atomic E-state index is 0.292. The van der Waals surface area contributed by atoms with Crippen molar-refractivity contribution >= 4 is 35.0 Å². The minimum Gasteiger partial charge on any atom is -0.248 e. The van der Waals surface area contributed by atoms with E-state index in [2.05, 4.69) is 9.97 Å². The third-order valence-corrected chi connectivity index (χ3v) is 3.10. The highest BCUT2D eigenvalue weighted by molar-refractivity contribution is 7.99. The molecule has 0 saturated carbocycles. The van der Waals surface area contributed by atoms with Crippen LogP contribution in [0.15, 0.2) is 40.5 Å². The summed E-state index contributed by atoms with van der Waals surface area (Å²) in [7, 11) is 0. The van der Waals surface area contributed by atoms with Gasteiger partial charge in [-0.15, -0.1) is 0 Å². The van der Waals surface area contributed by atoms with Crippen LogP contribution in [0.1, 0.15) is 5.56 Å². The number of nitrogens with zero attached hydrogens (tertiary/aromatic N) is 3. The van der Waals surface area contributed by atoms with Gasteiger partial charge in [0, 0.05) is 6.20 Å². The first-order chi connectivity index (χ1) is 8.17. The van der Waals surface area contributed by atoms with Crippen LogP contribution in [0, 0.1) is 11.3 Å². The molecule has 3 nitrogen and oxygen atoms in total. The molecule has 0 spiro atoms. The third kappa shape index (κ3) is 3.34. The van der Waals surface area contributed by atoms with Crippen LogP contribution in [0.2, 0.25) is 10.2 Å². The molecule has 84 valence electrons. The van der Waals surface area contributed by atoms with Crippen LogP contribution in [0.3, 0.4) is 0 Å². The van der Waals surface area contributed by atoms with Crippen molar-refractivity contribution in [2.24, 2.45) is 0 Å². The van der Waals surface area contributed by atoms with E-state index in [9.17, 15) is 0 Å². The molecule has 0 bridgehead atoms. The van der Waals surface area contributed by atoms with Crippen LogP contribution < -0.4 is 0 Å². The van der Waals surface area contributed by atoms with Gasteiger partial charge in [0.15, 0.2) is 0 Å². The summed E-state index contributed by atoms with van der Waals surface area (Å²) in [5.74, 6) is 0. The van der Waals surface area contributed by atoms with Crippen molar-refractivity contribution in [3.63, 3.8) is 0 Å². The van der Waals surface area contributed by atoms with E-state index in [1.807, 2.05) is 6.07 Å². The Morgan fingerprint density at radius 3 is 2.65 bits per heavy atom. The van der Waals surface area contributed by atoms with Crippen molar-refractivity contribution in [2.75, 3.05) is 0 Å². The van der Waals surface area contributed by atoms with Crippen molar-refractivity contribution in [1.82, 2.24) is 9.97 Å². The van der Waals surface area contributed by atoms with Crippen molar-refractivity contribution in [3.8, 4) is 6.07 Å². The van der Waals surface area contributed by atoms with Crippen LogP contribution in [0.25, 0.3) is 0 Å². The van der Waals surface area contributed by atoms with Gasteiger partial charge in [-0.25, -0.2) is 9.97 Å². The minimum absolute atomic E-state index is 0.292. The molecule has 0 radical (unpaired) electrons. The zero-order chi connectivity index (χ0) is 12.3. The van der Waals surface area contributed by atoms with Crippen LogP contribution in [-0.2, 0) is 0 Å². The number of hydrogen-bond donors (Lipinski definition) is 0. The molecule has 0 aliphatic carbocycles. The van der Waals surface area contributed by atoms with E-state index in [4.69, 9.17) is 28.5 Å². The van der Waals surface area contributed by atoms with Crippen LogP contribution in [0.5, 0.6) is 0 Å². The summed E-state index contributed by atoms with van der Waals surface area (Å²) in [6.45, 7) is 0. The number of halogens is 2. The lowest BCUT2D eigenvalue weighted by molar-refractivity contribution is 1.09. The van der Waals surface area contributed by atoms with Gasteiger partial charge in [0.1, 0.15) is 15.2 Å². The maximum Gasteiger partial charge on any atom is 0.131 e. The molecular weight excluding hydrogens is 277 g/mol. The van der Waals surface area contributed by atoms with Gasteiger partial charge >= 0.3 is 0 Å². The average Bonchev–Trinajstić information content (AvgIpc) is 2.31. The summed E-state index contributed by atoms with van der Waals surface area (Å²) in [5.41, 5.74) is 0.474. The molecule has 2 aromatic heterocycles. The largest absolute Gasteiger partial charge is 0.248 e. The Balaban J connectivity index is 2.27. The van der Waals surface area contributed by atoms with Crippen molar-refractivity contribution < 1.29 is 0 Å². The highest BCUT2D eigenvalue weighted by Crippen LogP contribution is 2.26. The van der Waals surface area contributed by atoms with E-state index in [1.54, 1.807) is 24.4 Å². The van der Waals surface area contributed by atoms with E-state index in [0.29, 0.717) is 20.8 Å². The second-order valence-corrected chi connectivity index (χ2v) is 4.91. The summed E-state index contributed by atoms with van der Waals surface area (Å²) >= 11 is 12.9. The van der Waals surface area contributed by atoms with Crippen molar-refractivity contribution in [3.05, 3.63) is 46.2 Å². The van der Waals surface area contributed by atoms with E-state index in [1.165, 1.54) is 17.8 Å². The smallest absolute Gasteiger partial charge is 0.131 e. The first kappa shape index (κ1) is 12.2. The molecule has 2 heterocycles. The number of nitriles is 1. The van der Waals surface area contributed by atoms with Crippen LogP contribution in [-0.4, -0.2) is 9.97 Å². The quantitative estimate of drug-likeness (QED) is 0.786. The Kier molecular flexibility index (Phi) is 3.85. The van der Waals surface area contributed by atoms with Gasteiger partial charge in [-0.1, -0.05) is 35.0 Å². The fourth-order valence-electron chi connectivity index (χ4n) is 1.12. The summed E-state index contributed by atoms with van der Waals surface area (Å²) in [6.07, 6.45) is 1.56. The van der Waals surface area contributed by atoms with E-state index in [-0.39, 0.29) is 0 Å². The fourth-order valence-corrected chi connectivity index (χ4v) is 2.28. The number of aromatic nitrogens is 2. The van der Waals surface area contributed by atoms with Crippen molar-refractivity contribution in [1.29, 1.82) is 5.26 Å². The third-order valence-electron chi connectivity index (χ3n) is 1.81. The SMILES string of the molecule is N#Cc1cc(Cl)nc(Sc2ccc(Cl)cn2)c1. The molecule has 0 unspecified atom stereocenters. The number of hydrogen-bond acceptors (Lipinski definition) is 4. The van der Waals surface area contributed by atoms with Crippen LogP contribution in [0.4, 0.5) is 0 Å². The van der Waals surface area contributed by atoms with Gasteiger partial charge in [0.25, 0.3) is 0 Å². The van der Waals surface area contributed by atoms with Gasteiger partial charge in [0.05, 0.1) is 16.7 Å². The van der Waals surface area contributed by atoms with Gasteiger partial charge in [0.2, 0.25) is 0 Å². The second kappa shape index (κ2) is 5.37. The summed E-state index contributed by atoms with van der Waals surface area (Å²) in [5, 5.41) is 11.0. The van der Waals surface area contributed by atoms with E-state index < -0.39 is 0 Å². The van der Waals surface area contributed by atoms with Gasteiger partial charge in [-0.05, 0) is 24.3 Å². The predicted molar refractivity (Wildman–Crippen MR) is 67.3 cm³/mol. The van der Waals surface area contributed by atoms with Crippen molar-refractivity contribution in [2.45, 2.75) is 10.1 Å². The molecule has 6 heteroatoms. The summed E-state index contributed by atoms with van der Waals surface area (Å²) in [4.78, 5) is 8.23. The topological polar surface area (TPSA) is 49.6 Å². The lowest BCUT2D eigenvalue weighted by Gasteiger charge is -2.01. The molecule has 0 aliphatic heterocycles. The normalized spacial score (nSPS) is 9.94. The lowest BCUT2D eigenvalue weighted by Crippen LogP contribution is -1.85. The Bertz CT molecular complexity index is 578. The Hall–Kier alpha value is -1.28. The molecule has 0 atom stereocenters.